The first-order valence-electron chi connectivity index (χ1n) is 7.49. The summed E-state index contributed by atoms with van der Waals surface area (Å²) >= 11 is 0. The molecule has 0 saturated heterocycles. The third kappa shape index (κ3) is 3.78. The summed E-state index contributed by atoms with van der Waals surface area (Å²) in [6.07, 6.45) is 4.89. The highest BCUT2D eigenvalue weighted by Crippen LogP contribution is 2.41. The van der Waals surface area contributed by atoms with Crippen LogP contribution in [0.4, 0.5) is 8.78 Å². The van der Waals surface area contributed by atoms with E-state index in [1.807, 2.05) is 0 Å². The van der Waals surface area contributed by atoms with Crippen molar-refractivity contribution in [1.82, 2.24) is 5.32 Å². The molecule has 0 aromatic heterocycles. The second kappa shape index (κ2) is 5.80. The summed E-state index contributed by atoms with van der Waals surface area (Å²) in [6, 6.07) is 4.15. The minimum absolute atomic E-state index is 0.00366. The number of rotatable bonds is 4. The van der Waals surface area contributed by atoms with Gasteiger partial charge < -0.3 is 5.32 Å². The molecule has 0 aliphatic heterocycles. The number of halogens is 2. The molecule has 1 aromatic carbocycles. The first-order chi connectivity index (χ1) is 9.31. The normalized spacial score (nSPS) is 18.4. The van der Waals surface area contributed by atoms with Gasteiger partial charge in [-0.05, 0) is 57.6 Å². The van der Waals surface area contributed by atoms with Gasteiger partial charge in [0.15, 0.2) is 0 Å². The molecular weight excluding hydrogens is 256 g/mol. The van der Waals surface area contributed by atoms with Crippen LogP contribution in [0.2, 0.25) is 0 Å². The lowest BCUT2D eigenvalue weighted by atomic mass is 9.79. The summed E-state index contributed by atoms with van der Waals surface area (Å²) in [5.74, 6) is -0.820. The van der Waals surface area contributed by atoms with Crippen molar-refractivity contribution < 1.29 is 8.78 Å². The molecule has 0 heterocycles. The molecule has 0 spiro atoms. The first-order valence-corrected chi connectivity index (χ1v) is 7.49. The van der Waals surface area contributed by atoms with Gasteiger partial charge in [0.2, 0.25) is 0 Å². The van der Waals surface area contributed by atoms with E-state index in [1.165, 1.54) is 18.2 Å². The molecule has 1 aliphatic rings. The van der Waals surface area contributed by atoms with Crippen LogP contribution < -0.4 is 5.32 Å². The van der Waals surface area contributed by atoms with E-state index in [2.05, 4.69) is 26.1 Å². The summed E-state index contributed by atoms with van der Waals surface area (Å²) in [4.78, 5) is 0. The largest absolute Gasteiger partial charge is 0.312 e. The molecule has 0 radical (unpaired) electrons. The van der Waals surface area contributed by atoms with Crippen LogP contribution in [-0.2, 0) is 6.42 Å². The average molecular weight is 281 g/mol. The zero-order chi connectivity index (χ0) is 14.8. The number of hydrogen-bond acceptors (Lipinski definition) is 1. The summed E-state index contributed by atoms with van der Waals surface area (Å²) in [5, 5.41) is 3.52. The van der Waals surface area contributed by atoms with E-state index in [-0.39, 0.29) is 16.5 Å². The predicted octanol–water partition coefficient (Wildman–Crippen LogP) is 4.46. The standard InChI is InChI=1S/C17H25F2N/c1-16(2,3)20-12-17(9-4-5-10-17)11-13-14(18)7-6-8-15(13)19/h6-8,20H,4-5,9-12H2,1-3H3. The minimum atomic E-state index is -0.410. The van der Waals surface area contributed by atoms with Crippen molar-refractivity contribution in [2.45, 2.75) is 58.4 Å². The second-order valence-corrected chi connectivity index (χ2v) is 7.19. The van der Waals surface area contributed by atoms with Crippen molar-refractivity contribution in [3.8, 4) is 0 Å². The van der Waals surface area contributed by atoms with E-state index in [9.17, 15) is 8.78 Å². The maximum atomic E-state index is 13.9. The average Bonchev–Trinajstić information content (AvgIpc) is 2.80. The van der Waals surface area contributed by atoms with Crippen molar-refractivity contribution in [1.29, 1.82) is 0 Å². The zero-order valence-electron chi connectivity index (χ0n) is 12.7. The molecule has 1 N–H and O–H groups in total. The van der Waals surface area contributed by atoms with Crippen molar-refractivity contribution >= 4 is 0 Å². The summed E-state index contributed by atoms with van der Waals surface area (Å²) in [7, 11) is 0. The fourth-order valence-corrected chi connectivity index (χ4v) is 3.07. The molecule has 0 unspecified atom stereocenters. The summed E-state index contributed by atoms with van der Waals surface area (Å²) < 4.78 is 27.8. The molecule has 1 fully saturated rings. The summed E-state index contributed by atoms with van der Waals surface area (Å²) in [6.45, 7) is 7.20. The van der Waals surface area contributed by atoms with Crippen molar-refractivity contribution in [2.75, 3.05) is 6.54 Å². The molecule has 2 rings (SSSR count). The Labute approximate surface area is 120 Å². The lowest BCUT2D eigenvalue weighted by Gasteiger charge is -2.34. The highest BCUT2D eigenvalue weighted by molar-refractivity contribution is 5.21. The van der Waals surface area contributed by atoms with Crippen LogP contribution in [-0.4, -0.2) is 12.1 Å². The van der Waals surface area contributed by atoms with Gasteiger partial charge in [0.05, 0.1) is 0 Å². The van der Waals surface area contributed by atoms with Crippen LogP contribution in [0.15, 0.2) is 18.2 Å². The van der Waals surface area contributed by atoms with Gasteiger partial charge in [0, 0.05) is 17.6 Å². The van der Waals surface area contributed by atoms with Crippen LogP contribution in [0.3, 0.4) is 0 Å². The highest BCUT2D eigenvalue weighted by atomic mass is 19.1. The molecule has 1 aromatic rings. The Morgan fingerprint density at radius 1 is 1.10 bits per heavy atom. The lowest BCUT2D eigenvalue weighted by molar-refractivity contribution is 0.240. The van der Waals surface area contributed by atoms with Gasteiger partial charge in [-0.1, -0.05) is 18.9 Å². The third-order valence-electron chi connectivity index (χ3n) is 4.27. The first kappa shape index (κ1) is 15.4. The van der Waals surface area contributed by atoms with Gasteiger partial charge in [0.1, 0.15) is 11.6 Å². The van der Waals surface area contributed by atoms with E-state index in [0.717, 1.165) is 32.2 Å². The van der Waals surface area contributed by atoms with Crippen molar-refractivity contribution in [2.24, 2.45) is 5.41 Å². The zero-order valence-corrected chi connectivity index (χ0v) is 12.7. The number of benzene rings is 1. The van der Waals surface area contributed by atoms with E-state index in [1.54, 1.807) is 0 Å². The summed E-state index contributed by atoms with van der Waals surface area (Å²) in [5.41, 5.74) is 0.282. The molecule has 1 saturated carbocycles. The maximum Gasteiger partial charge on any atom is 0.129 e. The Morgan fingerprint density at radius 3 is 2.15 bits per heavy atom. The minimum Gasteiger partial charge on any atom is -0.312 e. The number of nitrogens with one attached hydrogen (secondary N) is 1. The van der Waals surface area contributed by atoms with Crippen LogP contribution in [0.25, 0.3) is 0 Å². The monoisotopic (exact) mass is 281 g/mol. The van der Waals surface area contributed by atoms with Gasteiger partial charge in [-0.3, -0.25) is 0 Å². The van der Waals surface area contributed by atoms with E-state index < -0.39 is 11.6 Å². The van der Waals surface area contributed by atoms with Crippen LogP contribution >= 0.6 is 0 Å². The Balaban J connectivity index is 2.17. The molecule has 0 bridgehead atoms. The Morgan fingerprint density at radius 2 is 1.65 bits per heavy atom. The quantitative estimate of drug-likeness (QED) is 0.859. The van der Waals surface area contributed by atoms with Crippen molar-refractivity contribution in [3.63, 3.8) is 0 Å². The molecule has 1 aliphatic carbocycles. The molecule has 3 heteroatoms. The maximum absolute atomic E-state index is 13.9. The molecule has 112 valence electrons. The molecular formula is C17H25F2N. The van der Waals surface area contributed by atoms with Gasteiger partial charge >= 0.3 is 0 Å². The SMILES string of the molecule is CC(C)(C)NCC1(Cc2c(F)cccc2F)CCCC1. The van der Waals surface area contributed by atoms with Gasteiger partial charge in [-0.15, -0.1) is 0 Å². The number of hydrogen-bond donors (Lipinski definition) is 1. The van der Waals surface area contributed by atoms with E-state index in [4.69, 9.17) is 0 Å². The van der Waals surface area contributed by atoms with E-state index >= 15 is 0 Å². The van der Waals surface area contributed by atoms with Crippen LogP contribution in [0.1, 0.15) is 52.0 Å². The van der Waals surface area contributed by atoms with Crippen LogP contribution in [0, 0.1) is 17.0 Å². The fourth-order valence-electron chi connectivity index (χ4n) is 3.07. The van der Waals surface area contributed by atoms with Crippen LogP contribution in [0.5, 0.6) is 0 Å². The van der Waals surface area contributed by atoms with E-state index in [0.29, 0.717) is 6.42 Å². The van der Waals surface area contributed by atoms with Crippen molar-refractivity contribution in [3.05, 3.63) is 35.4 Å². The Bertz CT molecular complexity index is 436. The predicted molar refractivity (Wildman–Crippen MR) is 78.7 cm³/mol. The Kier molecular flexibility index (Phi) is 4.48. The Hall–Kier alpha value is -0.960. The van der Waals surface area contributed by atoms with Gasteiger partial charge in [0.25, 0.3) is 0 Å². The van der Waals surface area contributed by atoms with Gasteiger partial charge in [-0.25, -0.2) is 8.78 Å². The second-order valence-electron chi connectivity index (χ2n) is 7.19. The molecule has 20 heavy (non-hydrogen) atoms. The smallest absolute Gasteiger partial charge is 0.129 e. The molecule has 0 atom stereocenters. The lowest BCUT2D eigenvalue weighted by Crippen LogP contribution is -2.44. The highest BCUT2D eigenvalue weighted by Gasteiger charge is 2.36. The molecule has 1 nitrogen and oxygen atoms in total. The fraction of sp³-hybridized carbons (Fsp3) is 0.647. The molecule has 0 amide bonds. The van der Waals surface area contributed by atoms with Gasteiger partial charge in [-0.2, -0.15) is 0 Å². The third-order valence-corrected chi connectivity index (χ3v) is 4.27. The topological polar surface area (TPSA) is 12.0 Å².